The van der Waals surface area contributed by atoms with Crippen molar-refractivity contribution < 1.29 is 9.18 Å². The Balaban J connectivity index is 0.00000225. The Hall–Kier alpha value is -1.62. The van der Waals surface area contributed by atoms with E-state index in [-0.39, 0.29) is 23.9 Å². The smallest absolute Gasteiger partial charge is 0.254 e. The van der Waals surface area contributed by atoms with Gasteiger partial charge in [-0.05, 0) is 67.2 Å². The fourth-order valence-electron chi connectivity index (χ4n) is 2.97. The van der Waals surface area contributed by atoms with E-state index in [4.69, 9.17) is 11.6 Å². The van der Waals surface area contributed by atoms with Crippen LogP contribution in [0.4, 0.5) is 4.39 Å². The lowest BCUT2D eigenvalue weighted by Gasteiger charge is -2.10. The Kier molecular flexibility index (Phi) is 7.24. The number of nitrogens with one attached hydrogen (secondary N) is 2. The highest BCUT2D eigenvalue weighted by Crippen LogP contribution is 2.23. The van der Waals surface area contributed by atoms with Crippen LogP contribution in [0.2, 0.25) is 5.02 Å². The molecule has 0 radical (unpaired) electrons. The molecule has 1 fully saturated rings. The number of hydrogen-bond donors (Lipinski definition) is 2. The molecule has 1 heterocycles. The van der Waals surface area contributed by atoms with Crippen molar-refractivity contribution in [2.45, 2.75) is 12.8 Å². The standard InChI is InChI=1S/C19H20ClFN2O.ClH/c20-16-4-1-14(2-5-16)15-3-6-17(18(21)11-15)19(24)23-10-8-13-7-9-22-12-13;/h1-6,11,13,22H,7-10,12H2,(H,23,24);1H. The normalized spacial score (nSPS) is 16.3. The summed E-state index contributed by atoms with van der Waals surface area (Å²) in [6, 6.07) is 11.8. The lowest BCUT2D eigenvalue weighted by molar-refractivity contribution is 0.0947. The summed E-state index contributed by atoms with van der Waals surface area (Å²) in [6.45, 7) is 2.61. The molecule has 25 heavy (non-hydrogen) atoms. The second kappa shape index (κ2) is 9.18. The maximum absolute atomic E-state index is 14.3. The number of amides is 1. The minimum Gasteiger partial charge on any atom is -0.352 e. The van der Waals surface area contributed by atoms with Gasteiger partial charge in [0.25, 0.3) is 5.91 Å². The van der Waals surface area contributed by atoms with Crippen LogP contribution in [-0.4, -0.2) is 25.5 Å². The lowest BCUT2D eigenvalue weighted by atomic mass is 10.0. The van der Waals surface area contributed by atoms with E-state index in [0.29, 0.717) is 17.5 Å². The van der Waals surface area contributed by atoms with E-state index in [1.54, 1.807) is 18.2 Å². The van der Waals surface area contributed by atoms with Crippen LogP contribution in [0, 0.1) is 11.7 Å². The lowest BCUT2D eigenvalue weighted by Crippen LogP contribution is -2.27. The van der Waals surface area contributed by atoms with E-state index in [1.165, 1.54) is 12.1 Å². The number of benzene rings is 2. The minimum atomic E-state index is -0.512. The molecular weight excluding hydrogens is 362 g/mol. The predicted octanol–water partition coefficient (Wildman–Crippen LogP) is 4.30. The molecule has 0 spiro atoms. The molecule has 1 aliphatic heterocycles. The molecule has 0 saturated carbocycles. The summed E-state index contributed by atoms with van der Waals surface area (Å²) in [7, 11) is 0. The summed E-state index contributed by atoms with van der Waals surface area (Å²) in [6.07, 6.45) is 2.06. The predicted molar refractivity (Wildman–Crippen MR) is 102 cm³/mol. The molecule has 1 aliphatic rings. The van der Waals surface area contributed by atoms with Gasteiger partial charge in [0, 0.05) is 11.6 Å². The van der Waals surface area contributed by atoms with E-state index in [1.807, 2.05) is 12.1 Å². The monoisotopic (exact) mass is 382 g/mol. The van der Waals surface area contributed by atoms with Crippen molar-refractivity contribution in [1.82, 2.24) is 10.6 Å². The Morgan fingerprint density at radius 1 is 1.20 bits per heavy atom. The van der Waals surface area contributed by atoms with Gasteiger partial charge in [0.05, 0.1) is 5.56 Å². The Labute approximate surface area is 158 Å². The van der Waals surface area contributed by atoms with E-state index in [2.05, 4.69) is 10.6 Å². The summed E-state index contributed by atoms with van der Waals surface area (Å²) in [5.74, 6) is -0.272. The molecule has 1 unspecified atom stereocenters. The van der Waals surface area contributed by atoms with Crippen LogP contribution in [0.1, 0.15) is 23.2 Å². The first-order valence-electron chi connectivity index (χ1n) is 8.18. The topological polar surface area (TPSA) is 41.1 Å². The van der Waals surface area contributed by atoms with E-state index < -0.39 is 5.82 Å². The molecule has 3 nitrogen and oxygen atoms in total. The van der Waals surface area contributed by atoms with Crippen LogP contribution in [-0.2, 0) is 0 Å². The van der Waals surface area contributed by atoms with Gasteiger partial charge in [-0.15, -0.1) is 12.4 Å². The average Bonchev–Trinajstić information content (AvgIpc) is 3.08. The summed E-state index contributed by atoms with van der Waals surface area (Å²) in [4.78, 5) is 12.1. The summed E-state index contributed by atoms with van der Waals surface area (Å²) >= 11 is 5.86. The van der Waals surface area contributed by atoms with Gasteiger partial charge >= 0.3 is 0 Å². The molecule has 0 aromatic heterocycles. The summed E-state index contributed by atoms with van der Waals surface area (Å²) in [5, 5.41) is 6.74. The maximum atomic E-state index is 14.3. The summed E-state index contributed by atoms with van der Waals surface area (Å²) < 4.78 is 14.3. The van der Waals surface area contributed by atoms with Crippen LogP contribution in [0.15, 0.2) is 42.5 Å². The van der Waals surface area contributed by atoms with E-state index >= 15 is 0 Å². The van der Waals surface area contributed by atoms with Crippen molar-refractivity contribution in [2.75, 3.05) is 19.6 Å². The van der Waals surface area contributed by atoms with E-state index in [9.17, 15) is 9.18 Å². The fraction of sp³-hybridized carbons (Fsp3) is 0.316. The van der Waals surface area contributed by atoms with Gasteiger partial charge < -0.3 is 10.6 Å². The maximum Gasteiger partial charge on any atom is 0.254 e. The van der Waals surface area contributed by atoms with Crippen molar-refractivity contribution in [3.05, 3.63) is 58.9 Å². The van der Waals surface area contributed by atoms with Crippen LogP contribution in [0.3, 0.4) is 0 Å². The quantitative estimate of drug-likeness (QED) is 0.809. The molecule has 3 rings (SSSR count). The molecule has 0 aliphatic carbocycles. The van der Waals surface area contributed by atoms with Gasteiger partial charge in [-0.25, -0.2) is 4.39 Å². The molecule has 6 heteroatoms. The Bertz CT molecular complexity index is 716. The largest absolute Gasteiger partial charge is 0.352 e. The van der Waals surface area contributed by atoms with Gasteiger partial charge in [0.2, 0.25) is 0 Å². The van der Waals surface area contributed by atoms with Crippen molar-refractivity contribution >= 4 is 29.9 Å². The van der Waals surface area contributed by atoms with Gasteiger partial charge in [0.15, 0.2) is 0 Å². The number of halogens is 3. The van der Waals surface area contributed by atoms with Crippen LogP contribution < -0.4 is 10.6 Å². The summed E-state index contributed by atoms with van der Waals surface area (Å²) in [5.41, 5.74) is 1.66. The molecule has 1 amide bonds. The number of rotatable bonds is 5. The Morgan fingerprint density at radius 2 is 1.92 bits per heavy atom. The third kappa shape index (κ3) is 5.18. The fourth-order valence-corrected chi connectivity index (χ4v) is 3.09. The van der Waals surface area contributed by atoms with Crippen molar-refractivity contribution in [2.24, 2.45) is 5.92 Å². The average molecular weight is 383 g/mol. The van der Waals surface area contributed by atoms with Crippen molar-refractivity contribution in [3.8, 4) is 11.1 Å². The minimum absolute atomic E-state index is 0. The van der Waals surface area contributed by atoms with Crippen LogP contribution >= 0.6 is 24.0 Å². The molecule has 2 aromatic carbocycles. The zero-order chi connectivity index (χ0) is 16.9. The van der Waals surface area contributed by atoms with Gasteiger partial charge in [-0.1, -0.05) is 29.8 Å². The van der Waals surface area contributed by atoms with Gasteiger partial charge in [-0.2, -0.15) is 0 Å². The first-order chi connectivity index (χ1) is 11.6. The van der Waals surface area contributed by atoms with Gasteiger partial charge in [-0.3, -0.25) is 4.79 Å². The van der Waals surface area contributed by atoms with Crippen LogP contribution in [0.25, 0.3) is 11.1 Å². The van der Waals surface area contributed by atoms with E-state index in [0.717, 1.165) is 37.1 Å². The molecule has 0 bridgehead atoms. The Morgan fingerprint density at radius 3 is 2.56 bits per heavy atom. The molecule has 2 aromatic rings. The van der Waals surface area contributed by atoms with Crippen molar-refractivity contribution in [3.63, 3.8) is 0 Å². The highest BCUT2D eigenvalue weighted by molar-refractivity contribution is 6.30. The van der Waals surface area contributed by atoms with Gasteiger partial charge in [0.1, 0.15) is 5.82 Å². The third-order valence-corrected chi connectivity index (χ3v) is 4.64. The molecule has 2 N–H and O–H groups in total. The van der Waals surface area contributed by atoms with Crippen LogP contribution in [0.5, 0.6) is 0 Å². The highest BCUT2D eigenvalue weighted by Gasteiger charge is 2.16. The first-order valence-corrected chi connectivity index (χ1v) is 8.55. The third-order valence-electron chi connectivity index (χ3n) is 4.39. The SMILES string of the molecule is Cl.O=C(NCCC1CCNC1)c1ccc(-c2ccc(Cl)cc2)cc1F. The number of hydrogen-bond acceptors (Lipinski definition) is 2. The molecule has 134 valence electrons. The van der Waals surface area contributed by atoms with Crippen molar-refractivity contribution in [1.29, 1.82) is 0 Å². The number of carbonyl (C=O) groups excluding carboxylic acids is 1. The second-order valence-corrected chi connectivity index (χ2v) is 6.54. The molecule has 1 saturated heterocycles. The number of carbonyl (C=O) groups is 1. The highest BCUT2D eigenvalue weighted by atomic mass is 35.5. The first kappa shape index (κ1) is 19.7. The molecular formula is C19H21Cl2FN2O. The molecule has 1 atom stereocenters. The zero-order valence-electron chi connectivity index (χ0n) is 13.7. The second-order valence-electron chi connectivity index (χ2n) is 6.10. The zero-order valence-corrected chi connectivity index (χ0v) is 15.3.